The van der Waals surface area contributed by atoms with Crippen molar-refractivity contribution < 1.29 is 26.7 Å². The van der Waals surface area contributed by atoms with Crippen LogP contribution in [0.3, 0.4) is 0 Å². The summed E-state index contributed by atoms with van der Waals surface area (Å²) in [5.41, 5.74) is 6.64. The van der Waals surface area contributed by atoms with Gasteiger partial charge in [-0.25, -0.2) is 8.78 Å². The van der Waals surface area contributed by atoms with Crippen molar-refractivity contribution in [3.05, 3.63) is 92.0 Å². The molecule has 1 heterocycles. The molecule has 0 spiro atoms. The van der Waals surface area contributed by atoms with Crippen LogP contribution >= 0.6 is 15.9 Å². The Balaban J connectivity index is 1.54. The van der Waals surface area contributed by atoms with E-state index in [2.05, 4.69) is 58.1 Å². The lowest BCUT2D eigenvalue weighted by atomic mass is 9.78. The molecule has 0 radical (unpaired) electrons. The number of rotatable bonds is 5. The van der Waals surface area contributed by atoms with Crippen molar-refractivity contribution in [2.24, 2.45) is 0 Å². The summed E-state index contributed by atoms with van der Waals surface area (Å²) in [6.07, 6.45) is 1.78. The van der Waals surface area contributed by atoms with Gasteiger partial charge in [0.15, 0.2) is 0 Å². The fraction of sp³-hybridized carbons (Fsp3) is 0.438. The van der Waals surface area contributed by atoms with Gasteiger partial charge in [0.25, 0.3) is 0 Å². The highest BCUT2D eigenvalue weighted by Gasteiger charge is 2.44. The zero-order valence-corrected chi connectivity index (χ0v) is 24.0. The van der Waals surface area contributed by atoms with Crippen molar-refractivity contribution >= 4 is 27.7 Å². The van der Waals surface area contributed by atoms with Gasteiger partial charge in [-0.3, -0.25) is 0 Å². The molecule has 0 aromatic heterocycles. The first-order chi connectivity index (χ1) is 19.1. The molecule has 5 rings (SSSR count). The van der Waals surface area contributed by atoms with Gasteiger partial charge in [0.2, 0.25) is 6.43 Å². The number of benzene rings is 2. The Bertz CT molecular complexity index is 1320. The zero-order chi connectivity index (χ0) is 28.4. The van der Waals surface area contributed by atoms with Gasteiger partial charge in [0.05, 0.1) is 19.1 Å². The molecule has 2 aromatic carbocycles. The molecule has 0 N–H and O–H groups in total. The minimum atomic E-state index is -4.78. The van der Waals surface area contributed by atoms with E-state index in [1.807, 2.05) is 6.08 Å². The fourth-order valence-corrected chi connectivity index (χ4v) is 6.80. The maximum atomic E-state index is 14.1. The van der Waals surface area contributed by atoms with Crippen molar-refractivity contribution in [3.8, 4) is 0 Å². The summed E-state index contributed by atoms with van der Waals surface area (Å²) in [5, 5.41) is 0. The third-order valence-corrected chi connectivity index (χ3v) is 8.96. The second-order valence-corrected chi connectivity index (χ2v) is 11.6. The van der Waals surface area contributed by atoms with Crippen molar-refractivity contribution in [1.29, 1.82) is 0 Å². The van der Waals surface area contributed by atoms with Gasteiger partial charge in [-0.05, 0) is 89.8 Å². The van der Waals surface area contributed by atoms with Crippen LogP contribution < -0.4 is 4.90 Å². The highest BCUT2D eigenvalue weighted by molar-refractivity contribution is 9.10. The molecule has 1 fully saturated rings. The fourth-order valence-electron chi connectivity index (χ4n) is 6.30. The molecule has 0 bridgehead atoms. The minimum Gasteiger partial charge on any atom is -0.378 e. The molecule has 8 heteroatoms. The van der Waals surface area contributed by atoms with E-state index >= 15 is 0 Å². The van der Waals surface area contributed by atoms with E-state index in [0.717, 1.165) is 43.5 Å². The Kier molecular flexibility index (Phi) is 8.86. The van der Waals surface area contributed by atoms with Gasteiger partial charge in [0, 0.05) is 35.6 Å². The Hall–Kier alpha value is -2.45. The largest absolute Gasteiger partial charge is 0.395 e. The number of hydrogen-bond acceptors (Lipinski definition) is 2. The van der Waals surface area contributed by atoms with E-state index in [1.165, 1.54) is 22.9 Å². The number of allylic oxidation sites excluding steroid dienone is 5. The monoisotopic (exact) mass is 621 g/mol. The molecular weight excluding hydrogens is 589 g/mol. The van der Waals surface area contributed by atoms with E-state index in [1.54, 1.807) is 12.1 Å². The van der Waals surface area contributed by atoms with Crippen LogP contribution in [0.5, 0.6) is 0 Å². The molecule has 1 saturated heterocycles. The third-order valence-electron chi connectivity index (χ3n) is 8.27. The third kappa shape index (κ3) is 6.23. The molecule has 1 aliphatic heterocycles. The SMILES string of the molecule is Cc1cc(N2CCOCC2)ccc1C1CCCC=C2Cc3c(C(CC(F)F)C(F)(F)F)ccc(Br)c3C=CC=C21. The molecule has 2 aliphatic carbocycles. The lowest BCUT2D eigenvalue weighted by Crippen LogP contribution is -2.36. The quantitative estimate of drug-likeness (QED) is 0.308. The van der Waals surface area contributed by atoms with Gasteiger partial charge >= 0.3 is 6.18 Å². The standard InChI is InChI=1S/C32H33BrF5NO/c1-20-17-22(39-13-15-40-16-14-39)9-10-23(20)25-6-3-2-5-21-18-28-26(29(19-31(34)35)32(36,37)38)11-12-30(33)27(28)8-4-7-24(21)25/h4-5,7-12,17,25,29,31H,2-3,6,13-16,18-19H2,1H3. The first-order valence-corrected chi connectivity index (χ1v) is 14.6. The van der Waals surface area contributed by atoms with Crippen molar-refractivity contribution in [3.63, 3.8) is 0 Å². The topological polar surface area (TPSA) is 12.5 Å². The van der Waals surface area contributed by atoms with Crippen molar-refractivity contribution in [2.45, 2.75) is 63.5 Å². The second kappa shape index (κ2) is 12.2. The first-order valence-electron chi connectivity index (χ1n) is 13.8. The Labute approximate surface area is 240 Å². The van der Waals surface area contributed by atoms with Crippen LogP contribution in [0.1, 0.15) is 65.3 Å². The van der Waals surface area contributed by atoms with Crippen LogP contribution in [0.25, 0.3) is 6.08 Å². The van der Waals surface area contributed by atoms with Crippen LogP contribution in [0, 0.1) is 6.92 Å². The number of nitrogens with zero attached hydrogens (tertiary/aromatic N) is 1. The number of hydrogen-bond donors (Lipinski definition) is 0. The van der Waals surface area contributed by atoms with Crippen molar-refractivity contribution in [2.75, 3.05) is 31.2 Å². The van der Waals surface area contributed by atoms with Gasteiger partial charge in [-0.2, -0.15) is 13.2 Å². The van der Waals surface area contributed by atoms with Gasteiger partial charge in [-0.1, -0.05) is 52.4 Å². The molecule has 2 nitrogen and oxygen atoms in total. The summed E-state index contributed by atoms with van der Waals surface area (Å²) in [7, 11) is 0. The summed E-state index contributed by atoms with van der Waals surface area (Å²) in [4.78, 5) is 2.32. The number of aryl methyl sites for hydroxylation is 1. The number of ether oxygens (including phenoxy) is 1. The van der Waals surface area contributed by atoms with Gasteiger partial charge < -0.3 is 9.64 Å². The average Bonchev–Trinajstić information content (AvgIpc) is 3.09. The molecule has 2 unspecified atom stereocenters. The summed E-state index contributed by atoms with van der Waals surface area (Å²) in [6.45, 7) is 5.25. The predicted molar refractivity (Wildman–Crippen MR) is 153 cm³/mol. The summed E-state index contributed by atoms with van der Waals surface area (Å²) in [6, 6.07) is 9.47. The molecule has 0 amide bonds. The van der Waals surface area contributed by atoms with Crippen molar-refractivity contribution in [1.82, 2.24) is 0 Å². The first kappa shape index (κ1) is 29.1. The van der Waals surface area contributed by atoms with Crippen LogP contribution in [-0.4, -0.2) is 38.9 Å². The molecule has 0 saturated carbocycles. The molecule has 3 aliphatic rings. The lowest BCUT2D eigenvalue weighted by Gasteiger charge is -2.31. The number of anilines is 1. The van der Waals surface area contributed by atoms with E-state index in [0.29, 0.717) is 28.8 Å². The molecule has 214 valence electrons. The molecular formula is C32H33BrF5NO. The summed E-state index contributed by atoms with van der Waals surface area (Å²) >= 11 is 3.50. The predicted octanol–water partition coefficient (Wildman–Crippen LogP) is 9.29. The summed E-state index contributed by atoms with van der Waals surface area (Å²) < 4.78 is 75.2. The average molecular weight is 623 g/mol. The van der Waals surface area contributed by atoms with E-state index in [9.17, 15) is 22.0 Å². The zero-order valence-electron chi connectivity index (χ0n) is 22.4. The van der Waals surface area contributed by atoms with E-state index in [4.69, 9.17) is 4.74 Å². The minimum absolute atomic E-state index is 0.0651. The van der Waals surface area contributed by atoms with Gasteiger partial charge in [0.1, 0.15) is 0 Å². The molecule has 2 atom stereocenters. The highest BCUT2D eigenvalue weighted by Crippen LogP contribution is 2.46. The van der Waals surface area contributed by atoms with E-state index in [-0.39, 0.29) is 17.9 Å². The van der Waals surface area contributed by atoms with Crippen LogP contribution in [0.15, 0.2) is 64.2 Å². The number of halogens is 6. The van der Waals surface area contributed by atoms with Crippen LogP contribution in [0.2, 0.25) is 0 Å². The van der Waals surface area contributed by atoms with E-state index < -0.39 is 24.9 Å². The maximum absolute atomic E-state index is 14.1. The smallest absolute Gasteiger partial charge is 0.378 e. The Morgan fingerprint density at radius 2 is 1.88 bits per heavy atom. The normalized spacial score (nSPS) is 20.6. The number of morpholine rings is 1. The van der Waals surface area contributed by atoms with Crippen LogP contribution in [0.4, 0.5) is 27.6 Å². The second-order valence-electron chi connectivity index (χ2n) is 10.8. The lowest BCUT2D eigenvalue weighted by molar-refractivity contribution is -0.158. The molecule has 40 heavy (non-hydrogen) atoms. The van der Waals surface area contributed by atoms with Gasteiger partial charge in [-0.15, -0.1) is 0 Å². The van der Waals surface area contributed by atoms with Crippen LogP contribution in [-0.2, 0) is 11.2 Å². The Morgan fingerprint density at radius 3 is 2.58 bits per heavy atom. The molecule has 2 aromatic rings. The number of alkyl halides is 5. The highest BCUT2D eigenvalue weighted by atomic mass is 79.9. The maximum Gasteiger partial charge on any atom is 0.395 e. The Morgan fingerprint density at radius 1 is 1.10 bits per heavy atom. The summed E-state index contributed by atoms with van der Waals surface area (Å²) in [5.74, 6) is -2.14. The number of fused-ring (bicyclic) bond motifs is 2.